The third kappa shape index (κ3) is 4.77. The molecule has 27 heavy (non-hydrogen) atoms. The fourth-order valence-electron chi connectivity index (χ4n) is 2.53. The van der Waals surface area contributed by atoms with Crippen LogP contribution >= 0.6 is 11.3 Å². The number of amides is 2. The van der Waals surface area contributed by atoms with E-state index in [0.29, 0.717) is 22.9 Å². The van der Waals surface area contributed by atoms with Crippen LogP contribution in [0.4, 0.5) is 10.1 Å². The van der Waals surface area contributed by atoms with Crippen molar-refractivity contribution >= 4 is 28.8 Å². The molecule has 0 radical (unpaired) electrons. The molecule has 2 N–H and O–H groups in total. The number of nitrogens with zero attached hydrogens (tertiary/aromatic N) is 1. The molecule has 1 aromatic heterocycles. The van der Waals surface area contributed by atoms with Crippen LogP contribution in [-0.4, -0.2) is 16.8 Å². The van der Waals surface area contributed by atoms with Gasteiger partial charge in [-0.2, -0.15) is 0 Å². The Bertz CT molecular complexity index is 983. The lowest BCUT2D eigenvalue weighted by Crippen LogP contribution is -2.23. The number of benzene rings is 2. The van der Waals surface area contributed by atoms with E-state index >= 15 is 0 Å². The Morgan fingerprint density at radius 1 is 1.15 bits per heavy atom. The summed E-state index contributed by atoms with van der Waals surface area (Å²) in [6.07, 6.45) is 0. The van der Waals surface area contributed by atoms with Crippen LogP contribution in [0.5, 0.6) is 0 Å². The molecule has 0 aliphatic heterocycles. The van der Waals surface area contributed by atoms with Gasteiger partial charge in [-0.05, 0) is 36.8 Å². The van der Waals surface area contributed by atoms with Gasteiger partial charge in [0.1, 0.15) is 16.5 Å². The van der Waals surface area contributed by atoms with E-state index in [1.54, 1.807) is 18.2 Å². The maximum absolute atomic E-state index is 12.9. The van der Waals surface area contributed by atoms with Gasteiger partial charge in [0.25, 0.3) is 5.91 Å². The van der Waals surface area contributed by atoms with E-state index < -0.39 is 0 Å². The predicted molar refractivity (Wildman–Crippen MR) is 104 cm³/mol. The highest BCUT2D eigenvalue weighted by molar-refractivity contribution is 7.15. The molecule has 2 aromatic carbocycles. The van der Waals surface area contributed by atoms with E-state index in [2.05, 4.69) is 15.6 Å². The number of nitrogens with one attached hydrogen (secondary N) is 2. The summed E-state index contributed by atoms with van der Waals surface area (Å²) >= 11 is 1.41. The highest BCUT2D eigenvalue weighted by Crippen LogP contribution is 2.29. The van der Waals surface area contributed by atoms with Crippen molar-refractivity contribution in [3.05, 3.63) is 70.5 Å². The van der Waals surface area contributed by atoms with E-state index in [1.165, 1.54) is 30.4 Å². The smallest absolute Gasteiger partial charge is 0.271 e. The van der Waals surface area contributed by atoms with Crippen molar-refractivity contribution in [2.24, 2.45) is 0 Å². The van der Waals surface area contributed by atoms with E-state index in [0.717, 1.165) is 16.0 Å². The predicted octanol–water partition coefficient (Wildman–Crippen LogP) is 4.15. The summed E-state index contributed by atoms with van der Waals surface area (Å²) in [4.78, 5) is 28.9. The number of rotatable bonds is 5. The van der Waals surface area contributed by atoms with Gasteiger partial charge in [0.2, 0.25) is 5.91 Å². The molecular formula is C20H18FN3O2S. The van der Waals surface area contributed by atoms with Crippen molar-refractivity contribution < 1.29 is 14.0 Å². The molecule has 2 amide bonds. The Morgan fingerprint density at radius 2 is 1.89 bits per heavy atom. The monoisotopic (exact) mass is 383 g/mol. The van der Waals surface area contributed by atoms with Crippen molar-refractivity contribution in [1.29, 1.82) is 0 Å². The summed E-state index contributed by atoms with van der Waals surface area (Å²) in [5.41, 5.74) is 2.67. The number of carbonyl (C=O) groups excluding carboxylic acids is 2. The molecule has 1 heterocycles. The number of aryl methyl sites for hydroxylation is 1. The minimum absolute atomic E-state index is 0.150. The Hall–Kier alpha value is -3.06. The first-order chi connectivity index (χ1) is 12.9. The minimum atomic E-state index is -0.313. The van der Waals surface area contributed by atoms with E-state index in [1.807, 2.05) is 25.1 Å². The lowest BCUT2D eigenvalue weighted by Gasteiger charge is -2.04. The number of hydrogen-bond acceptors (Lipinski definition) is 4. The van der Waals surface area contributed by atoms with Gasteiger partial charge in [0.15, 0.2) is 0 Å². The summed E-state index contributed by atoms with van der Waals surface area (Å²) in [5.74, 6) is -0.743. The number of aromatic nitrogens is 1. The molecule has 0 spiro atoms. The van der Waals surface area contributed by atoms with Gasteiger partial charge in [-0.1, -0.05) is 24.3 Å². The van der Waals surface area contributed by atoms with Gasteiger partial charge in [-0.15, -0.1) is 11.3 Å². The van der Waals surface area contributed by atoms with Crippen LogP contribution in [0.2, 0.25) is 0 Å². The molecule has 0 aliphatic rings. The third-order valence-corrected chi connectivity index (χ3v) is 4.83. The number of anilines is 1. The summed E-state index contributed by atoms with van der Waals surface area (Å²) in [7, 11) is 0. The highest BCUT2D eigenvalue weighted by atomic mass is 32.1. The molecule has 0 aliphatic carbocycles. The highest BCUT2D eigenvalue weighted by Gasteiger charge is 2.16. The summed E-state index contributed by atoms with van der Waals surface area (Å²) in [6, 6.07) is 13.3. The molecule has 3 aromatic rings. The Kier molecular flexibility index (Phi) is 5.61. The van der Waals surface area contributed by atoms with E-state index in [-0.39, 0.29) is 17.6 Å². The van der Waals surface area contributed by atoms with Gasteiger partial charge in [-0.3, -0.25) is 9.59 Å². The first-order valence-corrected chi connectivity index (χ1v) is 9.12. The number of carbonyl (C=O) groups is 2. The van der Waals surface area contributed by atoms with Gasteiger partial charge in [0, 0.05) is 29.6 Å². The molecule has 3 rings (SSSR count). The van der Waals surface area contributed by atoms with Crippen LogP contribution in [-0.2, 0) is 11.3 Å². The van der Waals surface area contributed by atoms with Crippen molar-refractivity contribution in [2.75, 3.05) is 5.32 Å². The van der Waals surface area contributed by atoms with Crippen molar-refractivity contribution in [3.8, 4) is 10.6 Å². The van der Waals surface area contributed by atoms with Crippen molar-refractivity contribution in [3.63, 3.8) is 0 Å². The first kappa shape index (κ1) is 18.7. The Balaban J connectivity index is 1.74. The molecule has 0 atom stereocenters. The molecule has 7 heteroatoms. The zero-order valence-corrected chi connectivity index (χ0v) is 15.7. The SMILES string of the molecule is CC(=O)Nc1cccc(-c2nc(C(=O)NCc3ccc(F)cc3)c(C)s2)c1. The van der Waals surface area contributed by atoms with Gasteiger partial charge in [0.05, 0.1) is 0 Å². The maximum atomic E-state index is 12.9. The van der Waals surface area contributed by atoms with E-state index in [9.17, 15) is 14.0 Å². The Labute approximate surface area is 160 Å². The lowest BCUT2D eigenvalue weighted by atomic mass is 10.2. The standard InChI is InChI=1S/C20H18FN3O2S/c1-12-18(19(26)22-11-14-6-8-16(21)9-7-14)24-20(27-12)15-4-3-5-17(10-15)23-13(2)25/h3-10H,11H2,1-2H3,(H,22,26)(H,23,25). The fraction of sp³-hybridized carbons (Fsp3) is 0.150. The largest absolute Gasteiger partial charge is 0.347 e. The molecule has 0 saturated carbocycles. The molecule has 0 fully saturated rings. The zero-order chi connectivity index (χ0) is 19.4. The van der Waals surface area contributed by atoms with E-state index in [4.69, 9.17) is 0 Å². The fourth-order valence-corrected chi connectivity index (χ4v) is 3.44. The van der Waals surface area contributed by atoms with Gasteiger partial charge >= 0.3 is 0 Å². The summed E-state index contributed by atoms with van der Waals surface area (Å²) in [6.45, 7) is 3.58. The first-order valence-electron chi connectivity index (χ1n) is 8.30. The molecule has 0 bridgehead atoms. The average Bonchev–Trinajstić information content (AvgIpc) is 3.02. The molecular weight excluding hydrogens is 365 g/mol. The minimum Gasteiger partial charge on any atom is -0.347 e. The quantitative estimate of drug-likeness (QED) is 0.695. The summed E-state index contributed by atoms with van der Waals surface area (Å²) < 4.78 is 12.9. The molecule has 138 valence electrons. The number of hydrogen-bond donors (Lipinski definition) is 2. The molecule has 0 saturated heterocycles. The second-order valence-electron chi connectivity index (χ2n) is 5.99. The van der Waals surface area contributed by atoms with Crippen LogP contribution in [0, 0.1) is 12.7 Å². The maximum Gasteiger partial charge on any atom is 0.271 e. The number of halogens is 1. The normalized spacial score (nSPS) is 10.5. The van der Waals surface area contributed by atoms with Crippen LogP contribution in [0.3, 0.4) is 0 Å². The van der Waals surface area contributed by atoms with Crippen LogP contribution in [0.15, 0.2) is 48.5 Å². The molecule has 0 unspecified atom stereocenters. The lowest BCUT2D eigenvalue weighted by molar-refractivity contribution is -0.114. The van der Waals surface area contributed by atoms with Gasteiger partial charge < -0.3 is 10.6 Å². The third-order valence-electron chi connectivity index (χ3n) is 3.81. The van der Waals surface area contributed by atoms with Gasteiger partial charge in [-0.25, -0.2) is 9.37 Å². The van der Waals surface area contributed by atoms with Crippen LogP contribution in [0.1, 0.15) is 27.9 Å². The number of thiazole rings is 1. The second-order valence-corrected chi connectivity index (χ2v) is 7.20. The average molecular weight is 383 g/mol. The Morgan fingerprint density at radius 3 is 2.59 bits per heavy atom. The van der Waals surface area contributed by atoms with Crippen molar-refractivity contribution in [2.45, 2.75) is 20.4 Å². The second kappa shape index (κ2) is 8.09. The molecule has 5 nitrogen and oxygen atoms in total. The zero-order valence-electron chi connectivity index (χ0n) is 14.9. The van der Waals surface area contributed by atoms with Crippen LogP contribution < -0.4 is 10.6 Å². The topological polar surface area (TPSA) is 71.1 Å². The summed E-state index contributed by atoms with van der Waals surface area (Å²) in [5, 5.41) is 6.24. The van der Waals surface area contributed by atoms with Crippen molar-refractivity contribution in [1.82, 2.24) is 10.3 Å². The van der Waals surface area contributed by atoms with Crippen LogP contribution in [0.25, 0.3) is 10.6 Å².